The largest absolute Gasteiger partial charge is 0.338 e. The van der Waals surface area contributed by atoms with Gasteiger partial charge in [-0.25, -0.2) is 4.79 Å². The van der Waals surface area contributed by atoms with Crippen LogP contribution in [0.4, 0.5) is 4.79 Å². The van der Waals surface area contributed by atoms with E-state index in [4.69, 9.17) is 0 Å². The number of urea groups is 1. The topological polar surface area (TPSA) is 41.1 Å². The molecule has 1 aliphatic rings. The highest BCUT2D eigenvalue weighted by molar-refractivity contribution is 5.74. The summed E-state index contributed by atoms with van der Waals surface area (Å²) in [6.07, 6.45) is 6.81. The normalized spacial score (nSPS) is 22.2. The molecule has 2 amide bonds. The predicted octanol–water partition coefficient (Wildman–Crippen LogP) is 3.50. The number of nitrogens with one attached hydrogen (secondary N) is 2. The van der Waals surface area contributed by atoms with E-state index >= 15 is 0 Å². The van der Waals surface area contributed by atoms with E-state index in [1.165, 1.54) is 24.8 Å². The zero-order valence-corrected chi connectivity index (χ0v) is 12.4. The average Bonchev–Trinajstić information content (AvgIpc) is 2.48. The van der Waals surface area contributed by atoms with Gasteiger partial charge in [-0.15, -0.1) is 0 Å². The molecular weight excluding hydrogens is 248 g/mol. The van der Waals surface area contributed by atoms with Gasteiger partial charge in [0.05, 0.1) is 0 Å². The van der Waals surface area contributed by atoms with Crippen molar-refractivity contribution in [1.82, 2.24) is 10.6 Å². The van der Waals surface area contributed by atoms with Crippen LogP contribution >= 0.6 is 0 Å². The van der Waals surface area contributed by atoms with E-state index in [9.17, 15) is 4.79 Å². The Labute approximate surface area is 122 Å². The summed E-state index contributed by atoms with van der Waals surface area (Å²) in [5.41, 5.74) is 1.43. The van der Waals surface area contributed by atoms with Crippen molar-refractivity contribution in [2.24, 2.45) is 5.92 Å². The number of hydrogen-bond donors (Lipinski definition) is 2. The van der Waals surface area contributed by atoms with Gasteiger partial charge in [0.15, 0.2) is 0 Å². The van der Waals surface area contributed by atoms with Crippen LogP contribution in [0.3, 0.4) is 0 Å². The fourth-order valence-corrected chi connectivity index (χ4v) is 2.93. The molecule has 2 N–H and O–H groups in total. The quantitative estimate of drug-likeness (QED) is 0.847. The van der Waals surface area contributed by atoms with Gasteiger partial charge in [0.25, 0.3) is 0 Å². The highest BCUT2D eigenvalue weighted by atomic mass is 16.2. The van der Waals surface area contributed by atoms with Gasteiger partial charge in [0.2, 0.25) is 0 Å². The summed E-state index contributed by atoms with van der Waals surface area (Å²) in [5.74, 6) is 0.772. The molecule has 0 saturated heterocycles. The van der Waals surface area contributed by atoms with Gasteiger partial charge >= 0.3 is 6.03 Å². The fourth-order valence-electron chi connectivity index (χ4n) is 2.93. The summed E-state index contributed by atoms with van der Waals surface area (Å²) in [6, 6.07) is 11.1. The third kappa shape index (κ3) is 4.87. The van der Waals surface area contributed by atoms with E-state index in [0.29, 0.717) is 6.04 Å². The lowest BCUT2D eigenvalue weighted by Gasteiger charge is -2.29. The molecular formula is C17H26N2O. The van der Waals surface area contributed by atoms with Crippen molar-refractivity contribution >= 4 is 6.03 Å². The first-order chi connectivity index (χ1) is 9.78. The lowest BCUT2D eigenvalue weighted by atomic mass is 9.82. The van der Waals surface area contributed by atoms with E-state index in [-0.39, 0.29) is 6.03 Å². The second kappa shape index (κ2) is 7.93. The number of amides is 2. The van der Waals surface area contributed by atoms with Gasteiger partial charge in [0.1, 0.15) is 0 Å². The molecule has 3 nitrogen and oxygen atoms in total. The van der Waals surface area contributed by atoms with Crippen LogP contribution in [0.2, 0.25) is 0 Å². The van der Waals surface area contributed by atoms with Crippen molar-refractivity contribution in [3.63, 3.8) is 0 Å². The Kier molecular flexibility index (Phi) is 5.90. The smallest absolute Gasteiger partial charge is 0.315 e. The first-order valence-corrected chi connectivity index (χ1v) is 7.86. The lowest BCUT2D eigenvalue weighted by Crippen LogP contribution is -2.43. The Hall–Kier alpha value is -1.51. The molecule has 0 aromatic heterocycles. The van der Waals surface area contributed by atoms with Gasteiger partial charge in [0, 0.05) is 12.6 Å². The SMILES string of the molecule is CCCNC(=O)NC1CCC(Cc2ccccc2)CC1. The van der Waals surface area contributed by atoms with E-state index in [2.05, 4.69) is 47.9 Å². The molecule has 110 valence electrons. The summed E-state index contributed by atoms with van der Waals surface area (Å²) in [4.78, 5) is 11.6. The van der Waals surface area contributed by atoms with E-state index in [1.807, 2.05) is 0 Å². The molecule has 0 aliphatic heterocycles. The first-order valence-electron chi connectivity index (χ1n) is 7.86. The second-order valence-electron chi connectivity index (χ2n) is 5.81. The number of rotatable bonds is 5. The van der Waals surface area contributed by atoms with Crippen LogP contribution in [-0.2, 0) is 6.42 Å². The molecule has 3 heteroatoms. The molecule has 2 rings (SSSR count). The van der Waals surface area contributed by atoms with Crippen LogP contribution < -0.4 is 10.6 Å². The maximum Gasteiger partial charge on any atom is 0.315 e. The number of benzene rings is 1. The summed E-state index contributed by atoms with van der Waals surface area (Å²) in [5, 5.41) is 5.97. The molecule has 20 heavy (non-hydrogen) atoms. The number of carbonyl (C=O) groups is 1. The van der Waals surface area contributed by atoms with Crippen molar-refractivity contribution in [3.05, 3.63) is 35.9 Å². The zero-order chi connectivity index (χ0) is 14.2. The minimum atomic E-state index is -0.00152. The molecule has 0 atom stereocenters. The molecule has 1 fully saturated rings. The minimum absolute atomic E-state index is 0.00152. The molecule has 1 saturated carbocycles. The standard InChI is InChI=1S/C17H26N2O/c1-2-12-18-17(20)19-16-10-8-15(9-11-16)13-14-6-4-3-5-7-14/h3-7,15-16H,2,8-13H2,1H3,(H2,18,19,20). The molecule has 0 spiro atoms. The fraction of sp³-hybridized carbons (Fsp3) is 0.588. The number of carbonyl (C=O) groups excluding carboxylic acids is 1. The van der Waals surface area contributed by atoms with E-state index < -0.39 is 0 Å². The van der Waals surface area contributed by atoms with Crippen LogP contribution in [0, 0.1) is 5.92 Å². The van der Waals surface area contributed by atoms with Crippen molar-refractivity contribution in [2.45, 2.75) is 51.5 Å². The highest BCUT2D eigenvalue weighted by Crippen LogP contribution is 2.27. The van der Waals surface area contributed by atoms with Gasteiger partial charge in [-0.1, -0.05) is 37.3 Å². The van der Waals surface area contributed by atoms with Crippen LogP contribution in [0.15, 0.2) is 30.3 Å². The Morgan fingerprint density at radius 3 is 2.50 bits per heavy atom. The Morgan fingerprint density at radius 1 is 1.15 bits per heavy atom. The van der Waals surface area contributed by atoms with E-state index in [0.717, 1.165) is 31.7 Å². The Morgan fingerprint density at radius 2 is 1.85 bits per heavy atom. The lowest BCUT2D eigenvalue weighted by molar-refractivity contribution is 0.227. The van der Waals surface area contributed by atoms with Gasteiger partial charge in [-0.2, -0.15) is 0 Å². The van der Waals surface area contributed by atoms with Crippen LogP contribution in [0.1, 0.15) is 44.6 Å². The molecule has 0 bridgehead atoms. The molecule has 1 aromatic carbocycles. The maximum atomic E-state index is 11.6. The predicted molar refractivity (Wildman–Crippen MR) is 82.7 cm³/mol. The highest BCUT2D eigenvalue weighted by Gasteiger charge is 2.22. The summed E-state index contributed by atoms with van der Waals surface area (Å²) < 4.78 is 0. The summed E-state index contributed by atoms with van der Waals surface area (Å²) >= 11 is 0. The average molecular weight is 274 g/mol. The molecule has 0 heterocycles. The summed E-state index contributed by atoms with van der Waals surface area (Å²) in [7, 11) is 0. The van der Waals surface area contributed by atoms with Gasteiger partial charge in [-0.3, -0.25) is 0 Å². The molecule has 1 aromatic rings. The third-order valence-electron chi connectivity index (χ3n) is 4.08. The monoisotopic (exact) mass is 274 g/mol. The van der Waals surface area contributed by atoms with Crippen LogP contribution in [-0.4, -0.2) is 18.6 Å². The maximum absolute atomic E-state index is 11.6. The molecule has 0 unspecified atom stereocenters. The van der Waals surface area contributed by atoms with Crippen molar-refractivity contribution < 1.29 is 4.79 Å². The molecule has 1 aliphatic carbocycles. The Bertz CT molecular complexity index is 397. The van der Waals surface area contributed by atoms with E-state index in [1.54, 1.807) is 0 Å². The second-order valence-corrected chi connectivity index (χ2v) is 5.81. The summed E-state index contributed by atoms with van der Waals surface area (Å²) in [6.45, 7) is 2.82. The minimum Gasteiger partial charge on any atom is -0.338 e. The first kappa shape index (κ1) is 14.9. The van der Waals surface area contributed by atoms with Crippen molar-refractivity contribution in [3.8, 4) is 0 Å². The van der Waals surface area contributed by atoms with Crippen LogP contribution in [0.5, 0.6) is 0 Å². The van der Waals surface area contributed by atoms with Crippen molar-refractivity contribution in [1.29, 1.82) is 0 Å². The zero-order valence-electron chi connectivity index (χ0n) is 12.4. The van der Waals surface area contributed by atoms with Gasteiger partial charge in [-0.05, 0) is 50.0 Å². The number of hydrogen-bond acceptors (Lipinski definition) is 1. The Balaban J connectivity index is 1.68. The van der Waals surface area contributed by atoms with Crippen molar-refractivity contribution in [2.75, 3.05) is 6.54 Å². The third-order valence-corrected chi connectivity index (χ3v) is 4.08. The molecule has 0 radical (unpaired) electrons. The van der Waals surface area contributed by atoms with Crippen LogP contribution in [0.25, 0.3) is 0 Å². The van der Waals surface area contributed by atoms with Gasteiger partial charge < -0.3 is 10.6 Å².